The summed E-state index contributed by atoms with van der Waals surface area (Å²) in [4.78, 5) is 18.2. The minimum absolute atomic E-state index is 0.104. The Morgan fingerprint density at radius 3 is 2.84 bits per heavy atom. The molecule has 2 N–H and O–H groups in total. The van der Waals surface area contributed by atoms with E-state index in [1.807, 2.05) is 12.3 Å². The summed E-state index contributed by atoms with van der Waals surface area (Å²) in [6.07, 6.45) is 0. The molecule has 0 bridgehead atoms. The third kappa shape index (κ3) is 3.24. The number of benzene rings is 1. The fourth-order valence-electron chi connectivity index (χ4n) is 1.68. The van der Waals surface area contributed by atoms with Crippen LogP contribution in [0.25, 0.3) is 0 Å². The lowest BCUT2D eigenvalue weighted by Gasteiger charge is -2.16. The highest BCUT2D eigenvalue weighted by Crippen LogP contribution is 2.21. The molecule has 6 heteroatoms. The zero-order chi connectivity index (χ0) is 14.0. The van der Waals surface area contributed by atoms with Crippen molar-refractivity contribution in [1.29, 1.82) is 0 Å². The summed E-state index contributed by atoms with van der Waals surface area (Å²) in [6.45, 7) is 2.42. The molecule has 100 valence electrons. The summed E-state index contributed by atoms with van der Waals surface area (Å²) < 4.78 is 0. The van der Waals surface area contributed by atoms with Gasteiger partial charge in [0.2, 0.25) is 0 Å². The van der Waals surface area contributed by atoms with Gasteiger partial charge in [0.15, 0.2) is 0 Å². The van der Waals surface area contributed by atoms with Gasteiger partial charge in [-0.2, -0.15) is 0 Å². The van der Waals surface area contributed by atoms with Crippen molar-refractivity contribution in [2.45, 2.75) is 13.5 Å². The highest BCUT2D eigenvalue weighted by molar-refractivity contribution is 7.09. The minimum atomic E-state index is -0.104. The van der Waals surface area contributed by atoms with Crippen LogP contribution in [0.15, 0.2) is 23.6 Å². The second-order valence-corrected chi connectivity index (χ2v) is 5.72. The molecule has 1 heterocycles. The van der Waals surface area contributed by atoms with Crippen LogP contribution in [0.1, 0.15) is 21.1 Å². The Bertz CT molecular complexity index is 612. The first-order valence-corrected chi connectivity index (χ1v) is 6.94. The monoisotopic (exact) mass is 295 g/mol. The molecule has 0 spiro atoms. The lowest BCUT2D eigenvalue weighted by atomic mass is 10.2. The maximum absolute atomic E-state index is 12.2. The van der Waals surface area contributed by atoms with E-state index in [2.05, 4.69) is 4.98 Å². The van der Waals surface area contributed by atoms with Crippen LogP contribution in [-0.2, 0) is 6.54 Å². The predicted octanol–water partition coefficient (Wildman–Crippen LogP) is 2.96. The molecule has 0 radical (unpaired) electrons. The maximum atomic E-state index is 12.2. The number of nitrogen functional groups attached to an aromatic ring is 1. The Morgan fingerprint density at radius 2 is 2.26 bits per heavy atom. The SMILES string of the molecule is Cc1nc(CN(C)C(=O)c2ccc(N)c(Cl)c2)cs1. The molecule has 0 fully saturated rings. The normalized spacial score (nSPS) is 10.5. The largest absolute Gasteiger partial charge is 0.398 e. The summed E-state index contributed by atoms with van der Waals surface area (Å²) in [5, 5.41) is 3.34. The van der Waals surface area contributed by atoms with Gasteiger partial charge in [0, 0.05) is 18.0 Å². The molecule has 0 aliphatic rings. The van der Waals surface area contributed by atoms with E-state index in [-0.39, 0.29) is 5.91 Å². The molecule has 2 aromatic rings. The predicted molar refractivity (Wildman–Crippen MR) is 78.5 cm³/mol. The average Bonchev–Trinajstić information content (AvgIpc) is 2.77. The molecule has 1 amide bonds. The van der Waals surface area contributed by atoms with E-state index in [4.69, 9.17) is 17.3 Å². The van der Waals surface area contributed by atoms with E-state index < -0.39 is 0 Å². The lowest BCUT2D eigenvalue weighted by Crippen LogP contribution is -2.26. The quantitative estimate of drug-likeness (QED) is 0.886. The first-order valence-electron chi connectivity index (χ1n) is 5.69. The standard InChI is InChI=1S/C13H14ClN3OS/c1-8-16-10(7-19-8)6-17(2)13(18)9-3-4-12(15)11(14)5-9/h3-5,7H,6,15H2,1-2H3. The summed E-state index contributed by atoms with van der Waals surface area (Å²) in [5.74, 6) is -0.104. The molecule has 0 saturated heterocycles. The average molecular weight is 296 g/mol. The molecule has 1 aromatic heterocycles. The Hall–Kier alpha value is -1.59. The first kappa shape index (κ1) is 13.8. The third-order valence-electron chi connectivity index (χ3n) is 2.66. The molecule has 0 atom stereocenters. The van der Waals surface area contributed by atoms with Crippen molar-refractivity contribution in [1.82, 2.24) is 9.88 Å². The van der Waals surface area contributed by atoms with Crippen molar-refractivity contribution in [3.8, 4) is 0 Å². The van der Waals surface area contributed by atoms with E-state index >= 15 is 0 Å². The smallest absolute Gasteiger partial charge is 0.254 e. The number of nitrogens with two attached hydrogens (primary N) is 1. The Balaban J connectivity index is 2.12. The fourth-order valence-corrected chi connectivity index (χ4v) is 2.46. The van der Waals surface area contributed by atoms with E-state index in [0.717, 1.165) is 10.7 Å². The fraction of sp³-hybridized carbons (Fsp3) is 0.231. The van der Waals surface area contributed by atoms with Crippen LogP contribution in [-0.4, -0.2) is 22.8 Å². The number of aromatic nitrogens is 1. The topological polar surface area (TPSA) is 59.2 Å². The maximum Gasteiger partial charge on any atom is 0.254 e. The summed E-state index contributed by atoms with van der Waals surface area (Å²) >= 11 is 7.49. The Kier molecular flexibility index (Phi) is 4.07. The molecule has 1 aromatic carbocycles. The van der Waals surface area contributed by atoms with Gasteiger partial charge in [-0.3, -0.25) is 4.79 Å². The van der Waals surface area contributed by atoms with Crippen molar-refractivity contribution in [3.05, 3.63) is 44.9 Å². The van der Waals surface area contributed by atoms with Crippen LogP contribution >= 0.6 is 22.9 Å². The number of anilines is 1. The minimum Gasteiger partial charge on any atom is -0.398 e. The molecule has 4 nitrogen and oxygen atoms in total. The highest BCUT2D eigenvalue weighted by atomic mass is 35.5. The number of thiazole rings is 1. The van der Waals surface area contributed by atoms with Gasteiger partial charge in [-0.25, -0.2) is 4.98 Å². The van der Waals surface area contributed by atoms with Crippen LogP contribution in [0.2, 0.25) is 5.02 Å². The van der Waals surface area contributed by atoms with E-state index in [1.54, 1.807) is 41.5 Å². The summed E-state index contributed by atoms with van der Waals surface area (Å²) in [6, 6.07) is 4.89. The Morgan fingerprint density at radius 1 is 1.53 bits per heavy atom. The van der Waals surface area contributed by atoms with Gasteiger partial charge in [-0.05, 0) is 25.1 Å². The second kappa shape index (κ2) is 5.59. The number of amides is 1. The Labute approximate surface area is 120 Å². The molecular weight excluding hydrogens is 282 g/mol. The molecule has 2 rings (SSSR count). The van der Waals surface area contributed by atoms with Gasteiger partial charge in [0.25, 0.3) is 5.91 Å². The van der Waals surface area contributed by atoms with Crippen molar-refractivity contribution in [2.75, 3.05) is 12.8 Å². The van der Waals surface area contributed by atoms with Crippen LogP contribution in [0.3, 0.4) is 0 Å². The van der Waals surface area contributed by atoms with Gasteiger partial charge in [0.1, 0.15) is 0 Å². The number of hydrogen-bond donors (Lipinski definition) is 1. The molecule has 0 aliphatic carbocycles. The van der Waals surface area contributed by atoms with Crippen LogP contribution in [0, 0.1) is 6.92 Å². The van der Waals surface area contributed by atoms with Gasteiger partial charge in [-0.15, -0.1) is 11.3 Å². The van der Waals surface area contributed by atoms with Gasteiger partial charge in [-0.1, -0.05) is 11.6 Å². The van der Waals surface area contributed by atoms with Crippen molar-refractivity contribution >= 4 is 34.5 Å². The first-order chi connectivity index (χ1) is 8.97. The van der Waals surface area contributed by atoms with Crippen LogP contribution in [0.5, 0.6) is 0 Å². The summed E-state index contributed by atoms with van der Waals surface area (Å²) in [5.41, 5.74) is 7.51. The number of carbonyl (C=O) groups excluding carboxylic acids is 1. The van der Waals surface area contributed by atoms with Crippen molar-refractivity contribution < 1.29 is 4.79 Å². The van der Waals surface area contributed by atoms with Crippen LogP contribution in [0.4, 0.5) is 5.69 Å². The third-order valence-corrected chi connectivity index (χ3v) is 3.81. The van der Waals surface area contributed by atoms with Gasteiger partial charge in [0.05, 0.1) is 28.0 Å². The van der Waals surface area contributed by atoms with Crippen molar-refractivity contribution in [3.63, 3.8) is 0 Å². The lowest BCUT2D eigenvalue weighted by molar-refractivity contribution is 0.0783. The van der Waals surface area contributed by atoms with E-state index in [9.17, 15) is 4.79 Å². The second-order valence-electron chi connectivity index (χ2n) is 4.26. The number of aryl methyl sites for hydroxylation is 1. The highest BCUT2D eigenvalue weighted by Gasteiger charge is 2.14. The van der Waals surface area contributed by atoms with Gasteiger partial charge >= 0.3 is 0 Å². The number of carbonyl (C=O) groups is 1. The number of hydrogen-bond acceptors (Lipinski definition) is 4. The number of rotatable bonds is 3. The molecule has 19 heavy (non-hydrogen) atoms. The van der Waals surface area contributed by atoms with Gasteiger partial charge < -0.3 is 10.6 Å². The van der Waals surface area contributed by atoms with Crippen molar-refractivity contribution in [2.24, 2.45) is 0 Å². The molecular formula is C13H14ClN3OS. The number of nitrogens with zero attached hydrogens (tertiary/aromatic N) is 2. The zero-order valence-corrected chi connectivity index (χ0v) is 12.3. The number of halogens is 1. The molecule has 0 unspecified atom stereocenters. The zero-order valence-electron chi connectivity index (χ0n) is 10.7. The van der Waals surface area contributed by atoms with E-state index in [1.165, 1.54) is 0 Å². The summed E-state index contributed by atoms with van der Waals surface area (Å²) in [7, 11) is 1.74. The molecule has 0 aliphatic heterocycles. The van der Waals surface area contributed by atoms with E-state index in [0.29, 0.717) is 22.8 Å². The molecule has 0 saturated carbocycles. The van der Waals surface area contributed by atoms with Crippen LogP contribution < -0.4 is 5.73 Å².